The van der Waals surface area contributed by atoms with Crippen LogP contribution in [0.5, 0.6) is 0 Å². The number of Topliss-reactive ketones (excluding diaryl/α,β-unsaturated/α-hetero) is 1. The molecule has 0 radical (unpaired) electrons. The van der Waals surface area contributed by atoms with Crippen LogP contribution in [-0.2, 0) is 16.1 Å². The van der Waals surface area contributed by atoms with E-state index in [4.69, 9.17) is 4.74 Å². The van der Waals surface area contributed by atoms with Crippen molar-refractivity contribution in [3.63, 3.8) is 0 Å². The van der Waals surface area contributed by atoms with Gasteiger partial charge in [0.2, 0.25) is 5.78 Å². The number of fused-ring (bicyclic) bond motifs is 2. The summed E-state index contributed by atoms with van der Waals surface area (Å²) in [5.41, 5.74) is 2.62. The van der Waals surface area contributed by atoms with Crippen LogP contribution >= 0.6 is 11.8 Å². The third-order valence-corrected chi connectivity index (χ3v) is 5.39. The first-order valence-electron chi connectivity index (χ1n) is 8.44. The van der Waals surface area contributed by atoms with Gasteiger partial charge in [0.15, 0.2) is 0 Å². The smallest absolute Gasteiger partial charge is 0.325 e. The van der Waals surface area contributed by atoms with E-state index in [-0.39, 0.29) is 18.3 Å². The summed E-state index contributed by atoms with van der Waals surface area (Å²) in [7, 11) is 0. The lowest BCUT2D eigenvalue weighted by atomic mass is 10.1. The molecule has 0 aliphatic carbocycles. The first-order valence-corrected chi connectivity index (χ1v) is 9.26. The van der Waals surface area contributed by atoms with E-state index in [1.807, 2.05) is 65.4 Å². The molecule has 0 fully saturated rings. The Morgan fingerprint density at radius 3 is 2.73 bits per heavy atom. The summed E-state index contributed by atoms with van der Waals surface area (Å²) in [5, 5.41) is 1.01. The lowest BCUT2D eigenvalue weighted by molar-refractivity contribution is -0.143. The highest BCUT2D eigenvalue weighted by molar-refractivity contribution is 8.04. The van der Waals surface area contributed by atoms with Crippen molar-refractivity contribution < 1.29 is 14.3 Å². The average molecular weight is 363 g/mol. The molecule has 5 heteroatoms. The first kappa shape index (κ1) is 16.7. The SMILES string of the molecule is CCOC(=O)Cn1cc(/C=C2\Sc3ccccc3C2=O)c2ccccc21. The lowest BCUT2D eigenvalue weighted by Gasteiger charge is -2.04. The third-order valence-electron chi connectivity index (χ3n) is 4.29. The molecule has 0 N–H and O–H groups in total. The summed E-state index contributed by atoms with van der Waals surface area (Å²) in [5.74, 6) is -0.223. The van der Waals surface area contributed by atoms with Crippen LogP contribution in [0.15, 0.2) is 64.5 Å². The minimum Gasteiger partial charge on any atom is -0.465 e. The zero-order chi connectivity index (χ0) is 18.1. The molecule has 26 heavy (non-hydrogen) atoms. The van der Waals surface area contributed by atoms with Crippen molar-refractivity contribution in [1.82, 2.24) is 4.57 Å². The summed E-state index contributed by atoms with van der Waals surface area (Å²) < 4.78 is 6.94. The molecule has 0 unspecified atom stereocenters. The van der Waals surface area contributed by atoms with Crippen molar-refractivity contribution in [3.05, 3.63) is 70.8 Å². The van der Waals surface area contributed by atoms with Gasteiger partial charge in [0.05, 0.1) is 11.5 Å². The van der Waals surface area contributed by atoms with Crippen LogP contribution < -0.4 is 0 Å². The number of hydrogen-bond donors (Lipinski definition) is 0. The number of hydrogen-bond acceptors (Lipinski definition) is 4. The van der Waals surface area contributed by atoms with E-state index >= 15 is 0 Å². The second-order valence-electron chi connectivity index (χ2n) is 5.97. The quantitative estimate of drug-likeness (QED) is 0.505. The van der Waals surface area contributed by atoms with E-state index in [0.29, 0.717) is 11.5 Å². The molecule has 130 valence electrons. The number of allylic oxidation sites excluding steroid dienone is 1. The fourth-order valence-corrected chi connectivity index (χ4v) is 4.19. The minimum absolute atomic E-state index is 0.0489. The zero-order valence-electron chi connectivity index (χ0n) is 14.3. The van der Waals surface area contributed by atoms with Gasteiger partial charge < -0.3 is 9.30 Å². The largest absolute Gasteiger partial charge is 0.465 e. The van der Waals surface area contributed by atoms with Crippen LogP contribution in [0.4, 0.5) is 0 Å². The van der Waals surface area contributed by atoms with Gasteiger partial charge in [-0.05, 0) is 31.2 Å². The van der Waals surface area contributed by atoms with E-state index < -0.39 is 0 Å². The van der Waals surface area contributed by atoms with Gasteiger partial charge >= 0.3 is 5.97 Å². The van der Waals surface area contributed by atoms with Crippen molar-refractivity contribution in [1.29, 1.82) is 0 Å². The number of nitrogens with zero attached hydrogens (tertiary/aromatic N) is 1. The second-order valence-corrected chi connectivity index (χ2v) is 7.05. The maximum absolute atomic E-state index is 12.6. The number of rotatable bonds is 4. The Morgan fingerprint density at radius 2 is 1.92 bits per heavy atom. The number of benzene rings is 2. The third kappa shape index (κ3) is 2.95. The molecule has 4 rings (SSSR count). The van der Waals surface area contributed by atoms with Gasteiger partial charge in [-0.15, -0.1) is 0 Å². The molecule has 1 aromatic heterocycles. The molecule has 0 saturated carbocycles. The van der Waals surface area contributed by atoms with Crippen LogP contribution in [0.1, 0.15) is 22.8 Å². The number of carbonyl (C=O) groups excluding carboxylic acids is 2. The molecule has 2 heterocycles. The molecule has 4 nitrogen and oxygen atoms in total. The topological polar surface area (TPSA) is 48.3 Å². The molecule has 0 bridgehead atoms. The minimum atomic E-state index is -0.272. The summed E-state index contributed by atoms with van der Waals surface area (Å²) in [6.07, 6.45) is 3.82. The van der Waals surface area contributed by atoms with E-state index in [9.17, 15) is 9.59 Å². The van der Waals surface area contributed by atoms with Crippen LogP contribution in [0, 0.1) is 0 Å². The highest BCUT2D eigenvalue weighted by atomic mass is 32.2. The predicted molar refractivity (Wildman–Crippen MR) is 103 cm³/mol. The molecule has 0 amide bonds. The normalized spacial score (nSPS) is 14.8. The summed E-state index contributed by atoms with van der Waals surface area (Å²) in [6.45, 7) is 2.30. The van der Waals surface area contributed by atoms with E-state index in [1.54, 1.807) is 6.92 Å². The Balaban J connectivity index is 1.74. The molecule has 0 spiro atoms. The van der Waals surface area contributed by atoms with E-state index in [0.717, 1.165) is 26.9 Å². The number of ketones is 1. The first-order chi connectivity index (χ1) is 12.7. The number of aromatic nitrogens is 1. The number of ether oxygens (including phenoxy) is 1. The summed E-state index contributed by atoms with van der Waals surface area (Å²) >= 11 is 1.49. The molecule has 2 aromatic carbocycles. The highest BCUT2D eigenvalue weighted by Gasteiger charge is 2.25. The molecular weight excluding hydrogens is 346 g/mol. The van der Waals surface area contributed by atoms with E-state index in [1.165, 1.54) is 11.8 Å². The summed E-state index contributed by atoms with van der Waals surface area (Å²) in [6, 6.07) is 15.5. The average Bonchev–Trinajstić information content (AvgIpc) is 3.15. The molecule has 3 aromatic rings. The fraction of sp³-hybridized carbons (Fsp3) is 0.143. The Bertz CT molecular complexity index is 1050. The molecule has 0 saturated heterocycles. The Hall–Kier alpha value is -2.79. The van der Waals surface area contributed by atoms with Gasteiger partial charge in [-0.2, -0.15) is 0 Å². The van der Waals surface area contributed by atoms with Gasteiger partial charge in [-0.1, -0.05) is 42.1 Å². The monoisotopic (exact) mass is 363 g/mol. The molecule has 1 aliphatic heterocycles. The van der Waals surface area contributed by atoms with Crippen molar-refractivity contribution in [3.8, 4) is 0 Å². The number of para-hydroxylation sites is 1. The van der Waals surface area contributed by atoms with Crippen molar-refractivity contribution in [2.75, 3.05) is 6.61 Å². The lowest BCUT2D eigenvalue weighted by Crippen LogP contribution is -2.12. The van der Waals surface area contributed by atoms with Crippen LogP contribution in [0.25, 0.3) is 17.0 Å². The molecule has 0 atom stereocenters. The van der Waals surface area contributed by atoms with Crippen molar-refractivity contribution in [2.24, 2.45) is 0 Å². The van der Waals surface area contributed by atoms with Gasteiger partial charge in [0, 0.05) is 33.1 Å². The Labute approximate surface area is 155 Å². The zero-order valence-corrected chi connectivity index (χ0v) is 15.1. The van der Waals surface area contributed by atoms with Gasteiger partial charge in [-0.3, -0.25) is 9.59 Å². The van der Waals surface area contributed by atoms with Crippen LogP contribution in [0.3, 0.4) is 0 Å². The molecular formula is C21H17NO3S. The van der Waals surface area contributed by atoms with Crippen molar-refractivity contribution in [2.45, 2.75) is 18.4 Å². The standard InChI is InChI=1S/C21H17NO3S/c1-2-25-20(23)13-22-12-14(15-7-3-5-9-17(15)22)11-19-21(24)16-8-4-6-10-18(16)26-19/h3-12H,2,13H2,1H3/b19-11-. The number of thioether (sulfide) groups is 1. The van der Waals surface area contributed by atoms with E-state index in [2.05, 4.69) is 0 Å². The van der Waals surface area contributed by atoms with Crippen molar-refractivity contribution >= 4 is 40.5 Å². The summed E-state index contributed by atoms with van der Waals surface area (Å²) in [4.78, 5) is 26.2. The Morgan fingerprint density at radius 1 is 1.15 bits per heavy atom. The number of esters is 1. The second kappa shape index (κ2) is 6.84. The fourth-order valence-electron chi connectivity index (χ4n) is 3.14. The highest BCUT2D eigenvalue weighted by Crippen LogP contribution is 2.41. The maximum atomic E-state index is 12.6. The van der Waals surface area contributed by atoms with Gasteiger partial charge in [-0.25, -0.2) is 0 Å². The van der Waals surface area contributed by atoms with Crippen LogP contribution in [-0.4, -0.2) is 22.9 Å². The maximum Gasteiger partial charge on any atom is 0.325 e. The predicted octanol–water partition coefficient (Wildman–Crippen LogP) is 4.53. The van der Waals surface area contributed by atoms with Crippen LogP contribution in [0.2, 0.25) is 0 Å². The number of carbonyl (C=O) groups is 2. The molecule has 1 aliphatic rings. The van der Waals surface area contributed by atoms with Gasteiger partial charge in [0.25, 0.3) is 0 Å². The van der Waals surface area contributed by atoms with Gasteiger partial charge in [0.1, 0.15) is 6.54 Å². The Kier molecular flexibility index (Phi) is 4.39.